The highest BCUT2D eigenvalue weighted by molar-refractivity contribution is 8.00. The van der Waals surface area contributed by atoms with Gasteiger partial charge in [-0.3, -0.25) is 4.90 Å². The van der Waals surface area contributed by atoms with E-state index in [1.165, 1.54) is 45.7 Å². The molecule has 3 aromatic carbocycles. The summed E-state index contributed by atoms with van der Waals surface area (Å²) in [6.07, 6.45) is 5.60. The van der Waals surface area contributed by atoms with Crippen molar-refractivity contribution >= 4 is 11.8 Å². The molecule has 0 fully saturated rings. The lowest BCUT2D eigenvalue weighted by molar-refractivity contribution is 0.241. The zero-order chi connectivity index (χ0) is 24.0. The van der Waals surface area contributed by atoms with Gasteiger partial charge in [-0.05, 0) is 35.6 Å². The number of hydrogen-bond donors (Lipinski definition) is 0. The van der Waals surface area contributed by atoms with E-state index in [2.05, 4.69) is 108 Å². The van der Waals surface area contributed by atoms with Crippen molar-refractivity contribution in [3.8, 4) is 11.4 Å². The van der Waals surface area contributed by atoms with Crippen LogP contribution in [0.25, 0.3) is 11.4 Å². The summed E-state index contributed by atoms with van der Waals surface area (Å²) in [6.45, 7) is 8.31. The third kappa shape index (κ3) is 5.88. The van der Waals surface area contributed by atoms with Gasteiger partial charge in [-0.2, -0.15) is 0 Å². The molecule has 1 aliphatic rings. The Kier molecular flexibility index (Phi) is 7.70. The topological polar surface area (TPSA) is 21.1 Å². The van der Waals surface area contributed by atoms with Crippen LogP contribution in [0.15, 0.2) is 90.0 Å². The van der Waals surface area contributed by atoms with Crippen molar-refractivity contribution in [1.29, 1.82) is 0 Å². The number of imidazole rings is 1. The number of fused-ring (bicyclic) bond motifs is 1. The Bertz CT molecular complexity index is 1230. The average Bonchev–Trinajstić information content (AvgIpc) is 3.45. The Labute approximate surface area is 214 Å². The van der Waals surface area contributed by atoms with Gasteiger partial charge < -0.3 is 4.57 Å². The van der Waals surface area contributed by atoms with Gasteiger partial charge in [0, 0.05) is 41.9 Å². The lowest BCUT2D eigenvalue weighted by Gasteiger charge is -2.24. The van der Waals surface area contributed by atoms with Crippen molar-refractivity contribution in [3.05, 3.63) is 107 Å². The van der Waals surface area contributed by atoms with Crippen LogP contribution < -0.4 is 0 Å². The van der Waals surface area contributed by atoms with E-state index >= 15 is 0 Å². The van der Waals surface area contributed by atoms with Gasteiger partial charge in [0.15, 0.2) is 0 Å². The van der Waals surface area contributed by atoms with Crippen LogP contribution in [0.1, 0.15) is 49.1 Å². The smallest absolute Gasteiger partial charge is 0.140 e. The first kappa shape index (κ1) is 23.9. The van der Waals surface area contributed by atoms with Gasteiger partial charge in [0.2, 0.25) is 0 Å². The normalized spacial score (nSPS) is 15.0. The molecule has 1 aliphatic heterocycles. The fourth-order valence-corrected chi connectivity index (χ4v) is 6.13. The molecule has 0 radical (unpaired) electrons. The van der Waals surface area contributed by atoms with Crippen LogP contribution >= 0.6 is 11.8 Å². The maximum Gasteiger partial charge on any atom is 0.140 e. The molecule has 4 aromatic rings. The molecule has 3 nitrogen and oxygen atoms in total. The van der Waals surface area contributed by atoms with Crippen LogP contribution in [0.2, 0.25) is 0 Å². The van der Waals surface area contributed by atoms with Crippen LogP contribution in [0.3, 0.4) is 0 Å². The van der Waals surface area contributed by atoms with Gasteiger partial charge in [-0.1, -0.05) is 93.1 Å². The minimum absolute atomic E-state index is 0.685. The Morgan fingerprint density at radius 1 is 0.914 bits per heavy atom. The first-order valence-electron chi connectivity index (χ1n) is 12.8. The van der Waals surface area contributed by atoms with Crippen LogP contribution in [-0.4, -0.2) is 19.7 Å². The molecule has 0 bridgehead atoms. The van der Waals surface area contributed by atoms with Gasteiger partial charge in [0.1, 0.15) is 5.82 Å². The highest BCUT2D eigenvalue weighted by atomic mass is 32.2. The van der Waals surface area contributed by atoms with E-state index in [-0.39, 0.29) is 0 Å². The Morgan fingerprint density at radius 3 is 2.43 bits per heavy atom. The predicted octanol–water partition coefficient (Wildman–Crippen LogP) is 7.59. The number of thioether (sulfide) groups is 1. The van der Waals surface area contributed by atoms with Crippen LogP contribution in [0.5, 0.6) is 0 Å². The van der Waals surface area contributed by atoms with Crippen molar-refractivity contribution in [2.24, 2.45) is 0 Å². The van der Waals surface area contributed by atoms with Gasteiger partial charge in [0.25, 0.3) is 0 Å². The number of aromatic nitrogens is 2. The van der Waals surface area contributed by atoms with E-state index < -0.39 is 0 Å². The number of unbranched alkanes of at least 4 members (excludes halogenated alkanes) is 1. The molecule has 1 aromatic heterocycles. The molecule has 0 aliphatic carbocycles. The van der Waals surface area contributed by atoms with Crippen LogP contribution in [-0.2, 0) is 32.6 Å². The quantitative estimate of drug-likeness (QED) is 0.233. The second kappa shape index (κ2) is 11.3. The zero-order valence-corrected chi connectivity index (χ0v) is 21.7. The third-order valence-corrected chi connectivity index (χ3v) is 7.93. The Morgan fingerprint density at radius 2 is 1.66 bits per heavy atom. The Hall–Kier alpha value is -2.82. The molecule has 1 unspecified atom stereocenters. The Balaban J connectivity index is 1.43. The molecular weight excluding hydrogens is 446 g/mol. The minimum Gasteiger partial charge on any atom is -0.327 e. The second-order valence-electron chi connectivity index (χ2n) is 9.65. The minimum atomic E-state index is 0.685. The molecule has 4 heteroatoms. The van der Waals surface area contributed by atoms with Crippen molar-refractivity contribution in [2.75, 3.05) is 0 Å². The first-order chi connectivity index (χ1) is 17.2. The van der Waals surface area contributed by atoms with E-state index in [1.54, 1.807) is 0 Å². The molecule has 180 valence electrons. The molecule has 0 N–H and O–H groups in total. The van der Waals surface area contributed by atoms with Gasteiger partial charge in [0.05, 0.1) is 11.9 Å². The van der Waals surface area contributed by atoms with Crippen molar-refractivity contribution in [1.82, 2.24) is 14.5 Å². The van der Waals surface area contributed by atoms with E-state index in [0.717, 1.165) is 38.4 Å². The van der Waals surface area contributed by atoms with E-state index in [9.17, 15) is 0 Å². The first-order valence-corrected chi connectivity index (χ1v) is 13.7. The zero-order valence-electron chi connectivity index (χ0n) is 20.9. The molecule has 0 spiro atoms. The molecule has 0 saturated heterocycles. The number of benzene rings is 3. The monoisotopic (exact) mass is 481 g/mol. The fraction of sp³-hybridized carbons (Fsp3) is 0.323. The molecule has 35 heavy (non-hydrogen) atoms. The van der Waals surface area contributed by atoms with Crippen LogP contribution in [0.4, 0.5) is 0 Å². The second-order valence-corrected chi connectivity index (χ2v) is 11.1. The van der Waals surface area contributed by atoms with Crippen molar-refractivity contribution in [3.63, 3.8) is 0 Å². The number of rotatable bonds is 10. The average molecular weight is 482 g/mol. The van der Waals surface area contributed by atoms with Crippen molar-refractivity contribution < 1.29 is 0 Å². The maximum absolute atomic E-state index is 4.90. The van der Waals surface area contributed by atoms with E-state index in [4.69, 9.17) is 4.98 Å². The molecular formula is C31H35N3S. The highest BCUT2D eigenvalue weighted by Crippen LogP contribution is 2.37. The molecule has 2 heterocycles. The van der Waals surface area contributed by atoms with Gasteiger partial charge in [-0.25, -0.2) is 4.98 Å². The van der Waals surface area contributed by atoms with Crippen LogP contribution in [0, 0.1) is 0 Å². The SMILES string of the molecule is CCCCn1c(CN(Cc2ccccc2)Cc2ccc3c(c2)CC(C)S3)cnc1-c1ccccc1. The summed E-state index contributed by atoms with van der Waals surface area (Å²) in [5, 5.41) is 0.685. The fourth-order valence-electron chi connectivity index (χ4n) is 4.99. The number of nitrogens with zero attached hydrogens (tertiary/aromatic N) is 3. The summed E-state index contributed by atoms with van der Waals surface area (Å²) in [6, 6.07) is 28.5. The molecule has 1 atom stereocenters. The summed E-state index contributed by atoms with van der Waals surface area (Å²) in [5.74, 6) is 1.08. The van der Waals surface area contributed by atoms with Gasteiger partial charge in [-0.15, -0.1) is 11.8 Å². The molecule has 5 rings (SSSR count). The molecule has 0 saturated carbocycles. The number of hydrogen-bond acceptors (Lipinski definition) is 3. The largest absolute Gasteiger partial charge is 0.327 e. The summed E-state index contributed by atoms with van der Waals surface area (Å²) in [7, 11) is 0. The van der Waals surface area contributed by atoms with Gasteiger partial charge >= 0.3 is 0 Å². The highest BCUT2D eigenvalue weighted by Gasteiger charge is 2.20. The van der Waals surface area contributed by atoms with Crippen molar-refractivity contribution in [2.45, 2.75) is 69.4 Å². The molecule has 0 amide bonds. The lowest BCUT2D eigenvalue weighted by atomic mass is 10.1. The summed E-state index contributed by atoms with van der Waals surface area (Å²) < 4.78 is 2.44. The summed E-state index contributed by atoms with van der Waals surface area (Å²) >= 11 is 2.01. The summed E-state index contributed by atoms with van der Waals surface area (Å²) in [5.41, 5.74) is 6.74. The standard InChI is InChI=1S/C31H35N3S/c1-3-4-17-34-29(20-32-31(34)27-13-9-6-10-14-27)23-33(21-25-11-7-5-8-12-25)22-26-15-16-30-28(19-26)18-24(2)35-30/h5-16,19-20,24H,3-4,17-18,21-23H2,1-2H3. The summed E-state index contributed by atoms with van der Waals surface area (Å²) in [4.78, 5) is 8.92. The predicted molar refractivity (Wildman–Crippen MR) is 147 cm³/mol. The maximum atomic E-state index is 4.90. The lowest BCUT2D eigenvalue weighted by Crippen LogP contribution is -2.24. The van der Waals surface area contributed by atoms with E-state index in [0.29, 0.717) is 5.25 Å². The van der Waals surface area contributed by atoms with E-state index in [1.807, 2.05) is 11.8 Å². The third-order valence-electron chi connectivity index (χ3n) is 6.71.